The quantitative estimate of drug-likeness (QED) is 0.744. The van der Waals surface area contributed by atoms with Gasteiger partial charge in [0.1, 0.15) is 0 Å². The van der Waals surface area contributed by atoms with Gasteiger partial charge in [-0.05, 0) is 37.5 Å². The predicted octanol–water partition coefficient (Wildman–Crippen LogP) is 3.13. The molecule has 0 aromatic rings. The molecule has 1 saturated heterocycles. The fourth-order valence-electron chi connectivity index (χ4n) is 3.42. The molecule has 0 aromatic carbocycles. The van der Waals surface area contributed by atoms with Crippen LogP contribution in [0.15, 0.2) is 0 Å². The molecule has 2 nitrogen and oxygen atoms in total. The van der Waals surface area contributed by atoms with Gasteiger partial charge in [-0.3, -0.25) is 0 Å². The molecule has 0 radical (unpaired) electrons. The predicted molar refractivity (Wildman–Crippen MR) is 65.3 cm³/mol. The van der Waals surface area contributed by atoms with Gasteiger partial charge in [0, 0.05) is 13.0 Å². The first-order valence-corrected chi connectivity index (χ1v) is 6.93. The Morgan fingerprint density at radius 2 is 2.00 bits per heavy atom. The standard InChI is InChI=1S/C14H26O2/c1-11(2)12-4-3-7-14(8-5-12)10-13(15)6-9-16-14/h11-13,15H,3-10H2,1-2H3. The largest absolute Gasteiger partial charge is 0.393 e. The van der Waals surface area contributed by atoms with E-state index in [1.54, 1.807) is 0 Å². The zero-order valence-corrected chi connectivity index (χ0v) is 10.7. The molecular weight excluding hydrogens is 200 g/mol. The first-order chi connectivity index (χ1) is 7.61. The monoisotopic (exact) mass is 226 g/mol. The lowest BCUT2D eigenvalue weighted by molar-refractivity contribution is -0.125. The molecule has 1 heterocycles. The van der Waals surface area contributed by atoms with Crippen molar-refractivity contribution >= 4 is 0 Å². The van der Waals surface area contributed by atoms with Crippen molar-refractivity contribution in [1.29, 1.82) is 0 Å². The van der Waals surface area contributed by atoms with Gasteiger partial charge in [0.05, 0.1) is 11.7 Å². The molecule has 2 aliphatic rings. The topological polar surface area (TPSA) is 29.5 Å². The van der Waals surface area contributed by atoms with Crippen LogP contribution < -0.4 is 0 Å². The highest BCUT2D eigenvalue weighted by Gasteiger charge is 2.38. The van der Waals surface area contributed by atoms with E-state index in [0.29, 0.717) is 0 Å². The summed E-state index contributed by atoms with van der Waals surface area (Å²) in [5, 5.41) is 9.81. The van der Waals surface area contributed by atoms with Gasteiger partial charge in [-0.15, -0.1) is 0 Å². The van der Waals surface area contributed by atoms with Gasteiger partial charge < -0.3 is 9.84 Å². The fraction of sp³-hybridized carbons (Fsp3) is 1.00. The first-order valence-electron chi connectivity index (χ1n) is 6.93. The summed E-state index contributed by atoms with van der Waals surface area (Å²) in [6, 6.07) is 0. The molecule has 1 aliphatic carbocycles. The number of aliphatic hydroxyl groups excluding tert-OH is 1. The Morgan fingerprint density at radius 1 is 1.19 bits per heavy atom. The van der Waals surface area contributed by atoms with E-state index >= 15 is 0 Å². The Kier molecular flexibility index (Phi) is 3.91. The summed E-state index contributed by atoms with van der Waals surface area (Å²) in [7, 11) is 0. The van der Waals surface area contributed by atoms with E-state index in [9.17, 15) is 5.11 Å². The zero-order chi connectivity index (χ0) is 11.6. The number of rotatable bonds is 1. The van der Waals surface area contributed by atoms with Crippen LogP contribution in [0, 0.1) is 11.8 Å². The highest BCUT2D eigenvalue weighted by Crippen LogP contribution is 2.40. The lowest BCUT2D eigenvalue weighted by Gasteiger charge is -2.39. The summed E-state index contributed by atoms with van der Waals surface area (Å²) in [5.74, 6) is 1.66. The molecule has 1 N–H and O–H groups in total. The molecule has 0 aromatic heterocycles. The van der Waals surface area contributed by atoms with Crippen molar-refractivity contribution in [1.82, 2.24) is 0 Å². The summed E-state index contributed by atoms with van der Waals surface area (Å²) >= 11 is 0. The van der Waals surface area contributed by atoms with E-state index in [2.05, 4.69) is 13.8 Å². The molecule has 2 fully saturated rings. The Balaban J connectivity index is 1.96. The molecule has 3 atom stereocenters. The number of ether oxygens (including phenoxy) is 1. The molecule has 16 heavy (non-hydrogen) atoms. The fourth-order valence-corrected chi connectivity index (χ4v) is 3.42. The van der Waals surface area contributed by atoms with Crippen LogP contribution in [-0.2, 0) is 4.74 Å². The Bertz CT molecular complexity index is 227. The second-order valence-corrected chi connectivity index (χ2v) is 6.11. The SMILES string of the molecule is CC(C)C1CCCC2(CC1)CC(O)CCO2. The van der Waals surface area contributed by atoms with E-state index in [4.69, 9.17) is 4.74 Å². The zero-order valence-electron chi connectivity index (χ0n) is 10.7. The smallest absolute Gasteiger partial charge is 0.0707 e. The molecule has 94 valence electrons. The highest BCUT2D eigenvalue weighted by molar-refractivity contribution is 4.90. The van der Waals surface area contributed by atoms with Crippen molar-refractivity contribution in [3.8, 4) is 0 Å². The minimum Gasteiger partial charge on any atom is -0.393 e. The van der Waals surface area contributed by atoms with Crippen LogP contribution in [0.5, 0.6) is 0 Å². The Morgan fingerprint density at radius 3 is 2.69 bits per heavy atom. The molecule has 1 aliphatic heterocycles. The Labute approximate surface area is 99.4 Å². The minimum atomic E-state index is -0.121. The van der Waals surface area contributed by atoms with Crippen LogP contribution in [0.3, 0.4) is 0 Å². The van der Waals surface area contributed by atoms with Crippen molar-refractivity contribution in [3.63, 3.8) is 0 Å². The van der Waals surface area contributed by atoms with E-state index in [-0.39, 0.29) is 11.7 Å². The number of hydrogen-bond acceptors (Lipinski definition) is 2. The van der Waals surface area contributed by atoms with Crippen molar-refractivity contribution < 1.29 is 9.84 Å². The van der Waals surface area contributed by atoms with E-state index in [1.807, 2.05) is 0 Å². The average molecular weight is 226 g/mol. The van der Waals surface area contributed by atoms with E-state index in [1.165, 1.54) is 19.3 Å². The summed E-state index contributed by atoms with van der Waals surface area (Å²) in [6.45, 7) is 5.42. The molecule has 0 bridgehead atoms. The summed E-state index contributed by atoms with van der Waals surface area (Å²) < 4.78 is 6.02. The van der Waals surface area contributed by atoms with E-state index < -0.39 is 0 Å². The molecular formula is C14H26O2. The second-order valence-electron chi connectivity index (χ2n) is 6.11. The molecule has 0 amide bonds. The third-order valence-electron chi connectivity index (χ3n) is 4.59. The molecule has 1 saturated carbocycles. The van der Waals surface area contributed by atoms with Gasteiger partial charge in [0.25, 0.3) is 0 Å². The van der Waals surface area contributed by atoms with Gasteiger partial charge in [-0.1, -0.05) is 26.7 Å². The van der Waals surface area contributed by atoms with Crippen molar-refractivity contribution in [3.05, 3.63) is 0 Å². The van der Waals surface area contributed by atoms with E-state index in [0.717, 1.165) is 44.1 Å². The molecule has 2 heteroatoms. The number of aliphatic hydroxyl groups is 1. The third kappa shape index (κ3) is 2.78. The van der Waals surface area contributed by atoms with Gasteiger partial charge in [-0.25, -0.2) is 0 Å². The van der Waals surface area contributed by atoms with Crippen LogP contribution in [0.2, 0.25) is 0 Å². The van der Waals surface area contributed by atoms with Crippen LogP contribution >= 0.6 is 0 Å². The third-order valence-corrected chi connectivity index (χ3v) is 4.59. The Hall–Kier alpha value is -0.0800. The van der Waals surface area contributed by atoms with Gasteiger partial charge in [0.2, 0.25) is 0 Å². The van der Waals surface area contributed by atoms with Gasteiger partial charge in [-0.2, -0.15) is 0 Å². The van der Waals surface area contributed by atoms with Gasteiger partial charge in [0.15, 0.2) is 0 Å². The lowest BCUT2D eigenvalue weighted by Crippen LogP contribution is -2.41. The van der Waals surface area contributed by atoms with Crippen LogP contribution in [0.1, 0.15) is 58.8 Å². The molecule has 3 unspecified atom stereocenters. The van der Waals surface area contributed by atoms with Crippen molar-refractivity contribution in [2.75, 3.05) is 6.61 Å². The summed E-state index contributed by atoms with van der Waals surface area (Å²) in [4.78, 5) is 0. The maximum Gasteiger partial charge on any atom is 0.0707 e. The minimum absolute atomic E-state index is 0.0291. The van der Waals surface area contributed by atoms with Crippen LogP contribution in [0.4, 0.5) is 0 Å². The maximum absolute atomic E-state index is 9.81. The average Bonchev–Trinajstić information content (AvgIpc) is 2.41. The van der Waals surface area contributed by atoms with Crippen molar-refractivity contribution in [2.45, 2.75) is 70.5 Å². The summed E-state index contributed by atoms with van der Waals surface area (Å²) in [5.41, 5.74) is 0.0291. The molecule has 1 spiro atoms. The summed E-state index contributed by atoms with van der Waals surface area (Å²) in [6.07, 6.45) is 7.80. The highest BCUT2D eigenvalue weighted by atomic mass is 16.5. The second kappa shape index (κ2) is 5.05. The number of hydrogen-bond donors (Lipinski definition) is 1. The van der Waals surface area contributed by atoms with Crippen LogP contribution in [0.25, 0.3) is 0 Å². The maximum atomic E-state index is 9.81. The lowest BCUT2D eigenvalue weighted by atomic mass is 9.84. The normalized spacial score (nSPS) is 41.2. The molecule has 2 rings (SSSR count). The van der Waals surface area contributed by atoms with Crippen molar-refractivity contribution in [2.24, 2.45) is 11.8 Å². The van der Waals surface area contributed by atoms with Crippen LogP contribution in [-0.4, -0.2) is 23.4 Å². The first kappa shape index (κ1) is 12.4. The van der Waals surface area contributed by atoms with Gasteiger partial charge >= 0.3 is 0 Å².